The molecule has 6 aromatic rings. The number of carbonyl (C=O) groups is 2. The van der Waals surface area contributed by atoms with E-state index in [0.29, 0.717) is 52.4 Å². The largest absolute Gasteiger partial charge is 0.435 e. The van der Waals surface area contributed by atoms with Crippen molar-refractivity contribution in [3.63, 3.8) is 0 Å². The van der Waals surface area contributed by atoms with Crippen LogP contribution in [-0.4, -0.2) is 57.7 Å². The molecule has 3 aromatic carbocycles. The Hall–Kier alpha value is -6.32. The maximum atomic E-state index is 15.6. The molecule has 0 radical (unpaired) electrons. The number of hydrogen-bond acceptors (Lipinski definition) is 8. The summed E-state index contributed by atoms with van der Waals surface area (Å²) in [5.74, 6) is -11.9. The highest BCUT2D eigenvalue weighted by Gasteiger charge is 2.57. The van der Waals surface area contributed by atoms with Gasteiger partial charge in [-0.25, -0.2) is 18.2 Å². The van der Waals surface area contributed by atoms with Crippen LogP contribution in [0.4, 0.5) is 59.1 Å². The number of piperazine rings is 1. The summed E-state index contributed by atoms with van der Waals surface area (Å²) in [7, 11) is 0. The lowest BCUT2D eigenvalue weighted by molar-refractivity contribution is -0.143. The van der Waals surface area contributed by atoms with Crippen LogP contribution < -0.4 is 20.9 Å². The predicted octanol–water partition coefficient (Wildman–Crippen LogP) is 9.38. The van der Waals surface area contributed by atoms with E-state index in [1.807, 2.05) is 9.80 Å². The molecule has 0 spiro atoms. The fourth-order valence-electron chi connectivity index (χ4n) is 8.32. The zero-order valence-corrected chi connectivity index (χ0v) is 34.8. The van der Waals surface area contributed by atoms with Crippen molar-refractivity contribution in [3.05, 3.63) is 124 Å². The highest BCUT2D eigenvalue weighted by Crippen LogP contribution is 2.55. The number of aromatic nitrogens is 4. The van der Waals surface area contributed by atoms with Gasteiger partial charge in [-0.3, -0.25) is 14.3 Å². The summed E-state index contributed by atoms with van der Waals surface area (Å²) < 4.78 is 158. The highest BCUT2D eigenvalue weighted by molar-refractivity contribution is 7.22. The van der Waals surface area contributed by atoms with Gasteiger partial charge in [0, 0.05) is 55.0 Å². The van der Waals surface area contributed by atoms with E-state index in [4.69, 9.17) is 15.7 Å². The summed E-state index contributed by atoms with van der Waals surface area (Å²) in [6.45, 7) is 2.66. The van der Waals surface area contributed by atoms with Crippen molar-refractivity contribution in [3.8, 4) is 11.1 Å². The van der Waals surface area contributed by atoms with Crippen LogP contribution in [0.2, 0.25) is 0 Å². The third kappa shape index (κ3) is 8.78. The Kier molecular flexibility index (Phi) is 11.6. The van der Waals surface area contributed by atoms with E-state index in [1.54, 1.807) is 6.07 Å². The van der Waals surface area contributed by atoms with Crippen LogP contribution in [-0.2, 0) is 36.0 Å². The number of pyridine rings is 1. The quantitative estimate of drug-likeness (QED) is 0.131. The number of anilines is 2. The summed E-state index contributed by atoms with van der Waals surface area (Å²) in [6, 6.07) is 10.7. The van der Waals surface area contributed by atoms with Crippen LogP contribution in [0.25, 0.3) is 21.5 Å². The molecule has 3 atom stereocenters. The van der Waals surface area contributed by atoms with Crippen molar-refractivity contribution in [2.75, 3.05) is 36.0 Å². The number of benzene rings is 3. The molecule has 0 unspecified atom stereocenters. The summed E-state index contributed by atoms with van der Waals surface area (Å²) in [5, 5.41) is 6.46. The van der Waals surface area contributed by atoms with E-state index >= 15 is 8.78 Å². The number of nitrogens with one attached hydrogen (secondary N) is 1. The molecule has 8 rings (SSSR count). The lowest BCUT2D eigenvalue weighted by Gasteiger charge is -2.36. The number of rotatable bonds is 10. The topological polar surface area (TPSA) is 122 Å². The van der Waals surface area contributed by atoms with Gasteiger partial charge >= 0.3 is 12.4 Å². The minimum Gasteiger partial charge on any atom is -0.368 e. The van der Waals surface area contributed by atoms with Gasteiger partial charge < -0.3 is 20.9 Å². The van der Waals surface area contributed by atoms with Crippen LogP contribution in [0, 0.1) is 23.4 Å². The van der Waals surface area contributed by atoms with E-state index in [9.17, 15) is 49.1 Å². The van der Waals surface area contributed by atoms with Crippen LogP contribution in [0.3, 0.4) is 0 Å². The molecule has 22 heteroatoms. The van der Waals surface area contributed by atoms with Gasteiger partial charge in [0.05, 0.1) is 27.6 Å². The van der Waals surface area contributed by atoms with Crippen molar-refractivity contribution < 1.29 is 57.9 Å². The molecular formula is C43H35F11N8O2S. The van der Waals surface area contributed by atoms with Crippen molar-refractivity contribution in [1.29, 1.82) is 0 Å². The minimum absolute atomic E-state index is 0.0454. The van der Waals surface area contributed by atoms with Gasteiger partial charge in [-0.2, -0.15) is 45.2 Å². The molecular weight excluding hydrogens is 902 g/mol. The van der Waals surface area contributed by atoms with Crippen molar-refractivity contribution >= 4 is 44.3 Å². The lowest BCUT2D eigenvalue weighted by atomic mass is 9.94. The maximum absolute atomic E-state index is 15.6. The SMILES string of the molecule is C[C@@H]1c2c(C(F)(F)F)nn(CC(=O)N[C@@H](Cc3cc(F)cc(F)c3)c3nc4nc(N5CCN(c6ccc(C(F)(F)F)cc6)CC5)sc4cc3-c3ccc(F)c(C(N)=O)c3)c2C(F)(F)[C@@H]1C. The first-order valence-corrected chi connectivity index (χ1v) is 20.7. The monoisotopic (exact) mass is 936 g/mol. The maximum Gasteiger partial charge on any atom is 0.435 e. The summed E-state index contributed by atoms with van der Waals surface area (Å²) in [6.07, 6.45) is -10.1. The number of primary amides is 1. The number of halogens is 11. The first-order valence-electron chi connectivity index (χ1n) is 19.9. The second-order valence-corrected chi connectivity index (χ2v) is 16.9. The Labute approximate surface area is 365 Å². The Balaban J connectivity index is 1.19. The normalized spacial score (nSPS) is 18.0. The molecule has 1 aliphatic carbocycles. The average Bonchev–Trinajstić information content (AvgIpc) is 3.88. The van der Waals surface area contributed by atoms with E-state index in [2.05, 4.69) is 10.4 Å². The second kappa shape index (κ2) is 16.6. The third-order valence-electron chi connectivity index (χ3n) is 11.7. The lowest BCUT2D eigenvalue weighted by Crippen LogP contribution is -2.46. The first-order chi connectivity index (χ1) is 30.5. The number of carbonyl (C=O) groups excluding carboxylic acids is 2. The van der Waals surface area contributed by atoms with Gasteiger partial charge in [-0.1, -0.05) is 31.3 Å². The zero-order chi connectivity index (χ0) is 46.9. The zero-order valence-electron chi connectivity index (χ0n) is 34.0. The molecule has 0 bridgehead atoms. The van der Waals surface area contributed by atoms with Crippen molar-refractivity contribution in [2.24, 2.45) is 11.7 Å². The van der Waals surface area contributed by atoms with Gasteiger partial charge in [0.2, 0.25) is 5.91 Å². The van der Waals surface area contributed by atoms with Gasteiger partial charge in [0.1, 0.15) is 29.7 Å². The van der Waals surface area contributed by atoms with E-state index < -0.39 is 106 Å². The molecule has 2 aliphatic rings. The molecule has 3 N–H and O–H groups in total. The van der Waals surface area contributed by atoms with E-state index in [0.717, 1.165) is 43.3 Å². The molecule has 65 heavy (non-hydrogen) atoms. The average molecular weight is 937 g/mol. The minimum atomic E-state index is -5.15. The molecule has 10 nitrogen and oxygen atoms in total. The van der Waals surface area contributed by atoms with Gasteiger partial charge in [-0.05, 0) is 78.1 Å². The Morgan fingerprint density at radius 1 is 0.862 bits per heavy atom. The summed E-state index contributed by atoms with van der Waals surface area (Å²) in [4.78, 5) is 39.5. The summed E-state index contributed by atoms with van der Waals surface area (Å²) >= 11 is 1.17. The van der Waals surface area contributed by atoms with Gasteiger partial charge in [0.15, 0.2) is 16.5 Å². The number of fused-ring (bicyclic) bond motifs is 2. The number of hydrogen-bond donors (Lipinski definition) is 2. The molecule has 1 fully saturated rings. The van der Waals surface area contributed by atoms with Crippen LogP contribution in [0.1, 0.15) is 69.9 Å². The molecule has 4 heterocycles. The fourth-order valence-corrected chi connectivity index (χ4v) is 9.32. The molecule has 342 valence electrons. The Morgan fingerprint density at radius 2 is 1.51 bits per heavy atom. The third-order valence-corrected chi connectivity index (χ3v) is 12.8. The number of thiazole rings is 1. The van der Waals surface area contributed by atoms with Crippen LogP contribution in [0.15, 0.2) is 66.7 Å². The van der Waals surface area contributed by atoms with Crippen molar-refractivity contribution in [2.45, 2.75) is 57.0 Å². The Morgan fingerprint density at radius 3 is 2.12 bits per heavy atom. The number of nitrogens with two attached hydrogens (primary N) is 1. The van der Waals surface area contributed by atoms with Gasteiger partial charge in [-0.15, -0.1) is 0 Å². The molecule has 1 aliphatic heterocycles. The Bertz CT molecular complexity index is 2800. The molecule has 2 amide bonds. The van der Waals surface area contributed by atoms with E-state index in [-0.39, 0.29) is 28.0 Å². The number of nitrogens with zero attached hydrogens (tertiary/aromatic N) is 6. The number of alkyl halides is 8. The smallest absolute Gasteiger partial charge is 0.368 e. The van der Waals surface area contributed by atoms with Crippen molar-refractivity contribution in [1.82, 2.24) is 25.1 Å². The number of amides is 2. The molecule has 0 saturated carbocycles. The van der Waals surface area contributed by atoms with Crippen LogP contribution >= 0.6 is 11.3 Å². The standard InChI is InChI=1S/C43H35F11N8O2S/c1-20-21(2)41(47,48)37-34(20)36(43(52,53)54)59-62(37)19-33(63)56-31(15-22-13-25(44)17-26(45)14-22)35-28(23-3-8-30(46)29(16-23)38(55)64)18-32-39(57-35)58-40(65-32)61-11-9-60(10-12-61)27-6-4-24(5-7-27)42(49,50)51/h3-8,13-14,16-18,20-21,31H,9-12,15,19H2,1-2H3,(H2,55,64)(H,56,63)/t20-,21+,31-/m0/s1. The molecule has 1 saturated heterocycles. The molecule has 3 aromatic heterocycles. The fraction of sp³-hybridized carbons (Fsp3) is 0.326. The van der Waals surface area contributed by atoms with E-state index in [1.165, 1.54) is 36.5 Å². The highest BCUT2D eigenvalue weighted by atomic mass is 32.1. The summed E-state index contributed by atoms with van der Waals surface area (Å²) in [5.41, 5.74) is 1.52. The van der Waals surface area contributed by atoms with Crippen LogP contribution in [0.5, 0.6) is 0 Å². The predicted molar refractivity (Wildman–Crippen MR) is 217 cm³/mol. The van der Waals surface area contributed by atoms with Gasteiger partial charge in [0.25, 0.3) is 11.8 Å². The second-order valence-electron chi connectivity index (χ2n) is 15.9. The first kappa shape index (κ1) is 45.3.